The first-order valence-electron chi connectivity index (χ1n) is 8.11. The molecule has 2 aliphatic rings. The summed E-state index contributed by atoms with van der Waals surface area (Å²) in [5.41, 5.74) is 2.32. The van der Waals surface area contributed by atoms with Crippen LogP contribution in [0, 0.1) is 5.41 Å². The van der Waals surface area contributed by atoms with Crippen LogP contribution in [0.3, 0.4) is 0 Å². The molecule has 110 valence electrons. The molecule has 1 N–H and O–H groups in total. The zero-order chi connectivity index (χ0) is 14.2. The van der Waals surface area contributed by atoms with Crippen molar-refractivity contribution in [1.82, 2.24) is 5.32 Å². The quantitative estimate of drug-likeness (QED) is 0.783. The number of hydrogen-bond acceptors (Lipinski definition) is 1. The van der Waals surface area contributed by atoms with Gasteiger partial charge in [-0.25, -0.2) is 0 Å². The van der Waals surface area contributed by atoms with Crippen molar-refractivity contribution in [3.8, 4) is 0 Å². The summed E-state index contributed by atoms with van der Waals surface area (Å²) < 4.78 is 0. The van der Waals surface area contributed by atoms with Gasteiger partial charge in [0.15, 0.2) is 0 Å². The first kappa shape index (κ1) is 14.4. The first-order chi connectivity index (χ1) is 9.61. The van der Waals surface area contributed by atoms with Crippen LogP contribution in [0.4, 0.5) is 0 Å². The summed E-state index contributed by atoms with van der Waals surface area (Å²) in [7, 11) is 0. The second kappa shape index (κ2) is 5.35. The Balaban J connectivity index is 1.81. The zero-order valence-corrected chi connectivity index (χ0v) is 13.5. The molecular formula is C18H26ClN. The minimum absolute atomic E-state index is 0.319. The molecule has 0 heterocycles. The van der Waals surface area contributed by atoms with Crippen molar-refractivity contribution in [2.24, 2.45) is 5.41 Å². The smallest absolute Gasteiger partial charge is 0.0408 e. The van der Waals surface area contributed by atoms with E-state index in [1.165, 1.54) is 44.1 Å². The van der Waals surface area contributed by atoms with Gasteiger partial charge in [0, 0.05) is 23.0 Å². The second-order valence-electron chi connectivity index (χ2n) is 7.01. The monoisotopic (exact) mass is 291 g/mol. The topological polar surface area (TPSA) is 12.0 Å². The third-order valence-corrected chi connectivity index (χ3v) is 5.91. The van der Waals surface area contributed by atoms with E-state index in [-0.39, 0.29) is 0 Å². The number of rotatable bonds is 6. The number of hydrogen-bond donors (Lipinski definition) is 1. The molecule has 2 aliphatic carbocycles. The minimum atomic E-state index is 0.319. The fourth-order valence-corrected chi connectivity index (χ4v) is 4.20. The lowest BCUT2D eigenvalue weighted by molar-refractivity contribution is 0.0127. The minimum Gasteiger partial charge on any atom is -0.313 e. The molecule has 0 atom stereocenters. The van der Waals surface area contributed by atoms with Gasteiger partial charge in [-0.05, 0) is 48.8 Å². The lowest BCUT2D eigenvalue weighted by Gasteiger charge is -2.57. The highest BCUT2D eigenvalue weighted by Crippen LogP contribution is 2.59. The van der Waals surface area contributed by atoms with Gasteiger partial charge in [0.25, 0.3) is 0 Å². The van der Waals surface area contributed by atoms with Gasteiger partial charge in [-0.2, -0.15) is 0 Å². The predicted molar refractivity (Wildman–Crippen MR) is 86.4 cm³/mol. The molecule has 1 nitrogen and oxygen atoms in total. The molecule has 0 radical (unpaired) electrons. The summed E-state index contributed by atoms with van der Waals surface area (Å²) in [6.45, 7) is 5.82. The van der Waals surface area contributed by atoms with E-state index in [1.807, 2.05) is 6.07 Å². The fraction of sp³-hybridized carbons (Fsp3) is 0.667. The van der Waals surface area contributed by atoms with E-state index in [4.69, 9.17) is 11.6 Å². The first-order valence-corrected chi connectivity index (χ1v) is 8.49. The van der Waals surface area contributed by atoms with Gasteiger partial charge in [-0.15, -0.1) is 0 Å². The van der Waals surface area contributed by atoms with E-state index in [0.717, 1.165) is 17.6 Å². The van der Waals surface area contributed by atoms with Crippen LogP contribution < -0.4 is 5.32 Å². The summed E-state index contributed by atoms with van der Waals surface area (Å²) in [6, 6.07) is 9.33. The Hall–Kier alpha value is -0.530. The van der Waals surface area contributed by atoms with Gasteiger partial charge in [0.1, 0.15) is 0 Å². The Morgan fingerprint density at radius 3 is 2.45 bits per heavy atom. The van der Waals surface area contributed by atoms with Crippen LogP contribution in [-0.4, -0.2) is 12.6 Å². The largest absolute Gasteiger partial charge is 0.313 e. The molecule has 2 fully saturated rings. The molecule has 1 aromatic carbocycles. The molecule has 20 heavy (non-hydrogen) atoms. The molecule has 0 aromatic heterocycles. The molecule has 0 aliphatic heterocycles. The molecule has 2 saturated carbocycles. The molecule has 1 aromatic rings. The molecule has 0 spiro atoms. The third-order valence-electron chi connectivity index (χ3n) is 5.67. The Morgan fingerprint density at radius 2 is 1.90 bits per heavy atom. The average molecular weight is 292 g/mol. The lowest BCUT2D eigenvalue weighted by atomic mass is 9.48. The van der Waals surface area contributed by atoms with Crippen LogP contribution in [0.5, 0.6) is 0 Å². The van der Waals surface area contributed by atoms with Crippen molar-refractivity contribution < 1.29 is 0 Å². The van der Waals surface area contributed by atoms with Crippen molar-refractivity contribution >= 4 is 11.6 Å². The maximum atomic E-state index is 6.23. The van der Waals surface area contributed by atoms with Gasteiger partial charge in [-0.3, -0.25) is 0 Å². The van der Waals surface area contributed by atoms with Crippen LogP contribution in [0.2, 0.25) is 5.02 Å². The lowest BCUT2D eigenvalue weighted by Crippen LogP contribution is -2.54. The normalized spacial score (nSPS) is 23.4. The number of nitrogens with one attached hydrogen (secondary N) is 1. The van der Waals surface area contributed by atoms with Gasteiger partial charge < -0.3 is 5.32 Å². The van der Waals surface area contributed by atoms with Crippen LogP contribution in [0.25, 0.3) is 0 Å². The summed E-state index contributed by atoms with van der Waals surface area (Å²) in [4.78, 5) is 0. The van der Waals surface area contributed by atoms with Crippen molar-refractivity contribution in [2.75, 3.05) is 6.54 Å². The van der Waals surface area contributed by atoms with Crippen LogP contribution in [-0.2, 0) is 5.41 Å². The second-order valence-corrected chi connectivity index (χ2v) is 7.44. The van der Waals surface area contributed by atoms with Crippen molar-refractivity contribution in [3.63, 3.8) is 0 Å². The van der Waals surface area contributed by atoms with E-state index >= 15 is 0 Å². The standard InChI is InChI=1S/C18H26ClN/c1-3-17(4-2)11-18(12-17,13-20-16-8-9-16)14-6-5-7-15(19)10-14/h5-7,10,16,20H,3-4,8-9,11-13H2,1-2H3. The fourth-order valence-electron chi connectivity index (χ4n) is 4.01. The van der Waals surface area contributed by atoms with Crippen LogP contribution in [0.1, 0.15) is 57.9 Å². The predicted octanol–water partition coefficient (Wildman–Crippen LogP) is 4.93. The van der Waals surface area contributed by atoms with E-state index in [9.17, 15) is 0 Å². The zero-order valence-electron chi connectivity index (χ0n) is 12.7. The maximum Gasteiger partial charge on any atom is 0.0408 e. The molecule has 2 heteroatoms. The van der Waals surface area contributed by atoms with Crippen molar-refractivity contribution in [1.29, 1.82) is 0 Å². The van der Waals surface area contributed by atoms with Gasteiger partial charge in [0.2, 0.25) is 0 Å². The average Bonchev–Trinajstić information content (AvgIpc) is 3.23. The highest BCUT2D eigenvalue weighted by molar-refractivity contribution is 6.30. The SMILES string of the molecule is CCC1(CC)CC(CNC2CC2)(c2cccc(Cl)c2)C1. The highest BCUT2D eigenvalue weighted by Gasteiger charge is 2.53. The van der Waals surface area contributed by atoms with E-state index in [1.54, 1.807) is 0 Å². The summed E-state index contributed by atoms with van der Waals surface area (Å²) >= 11 is 6.23. The number of benzene rings is 1. The maximum absolute atomic E-state index is 6.23. The summed E-state index contributed by atoms with van der Waals surface area (Å²) in [6.07, 6.45) is 7.95. The molecule has 0 unspecified atom stereocenters. The molecule has 0 saturated heterocycles. The molecule has 0 amide bonds. The Labute approximate surface area is 128 Å². The summed E-state index contributed by atoms with van der Waals surface area (Å²) in [5, 5.41) is 4.63. The molecule has 3 rings (SSSR count). The van der Waals surface area contributed by atoms with Crippen LogP contribution >= 0.6 is 11.6 Å². The third kappa shape index (κ3) is 2.63. The van der Waals surface area contributed by atoms with Crippen LogP contribution in [0.15, 0.2) is 24.3 Å². The van der Waals surface area contributed by atoms with E-state index in [0.29, 0.717) is 10.8 Å². The van der Waals surface area contributed by atoms with E-state index < -0.39 is 0 Å². The van der Waals surface area contributed by atoms with Crippen molar-refractivity contribution in [3.05, 3.63) is 34.9 Å². The summed E-state index contributed by atoms with van der Waals surface area (Å²) in [5.74, 6) is 0. The van der Waals surface area contributed by atoms with Gasteiger partial charge in [-0.1, -0.05) is 50.4 Å². The van der Waals surface area contributed by atoms with E-state index in [2.05, 4.69) is 37.4 Å². The Morgan fingerprint density at radius 1 is 1.20 bits per heavy atom. The molecular weight excluding hydrogens is 266 g/mol. The highest BCUT2D eigenvalue weighted by atomic mass is 35.5. The Bertz CT molecular complexity index is 466. The Kier molecular flexibility index (Phi) is 3.85. The molecule has 0 bridgehead atoms. The van der Waals surface area contributed by atoms with Crippen molar-refractivity contribution in [2.45, 2.75) is 63.8 Å². The number of halogens is 1. The van der Waals surface area contributed by atoms with Gasteiger partial charge >= 0.3 is 0 Å². The van der Waals surface area contributed by atoms with Gasteiger partial charge in [0.05, 0.1) is 0 Å².